The monoisotopic (exact) mass is 525 g/mol. The van der Waals surface area contributed by atoms with Crippen LogP contribution in [-0.2, 0) is 17.5 Å². The van der Waals surface area contributed by atoms with E-state index in [0.717, 1.165) is 50.3 Å². The van der Waals surface area contributed by atoms with E-state index in [2.05, 4.69) is 5.32 Å². The summed E-state index contributed by atoms with van der Waals surface area (Å²) in [5, 5.41) is 34.6. The highest BCUT2D eigenvalue weighted by atomic mass is 19.4. The van der Waals surface area contributed by atoms with Crippen molar-refractivity contribution in [2.75, 3.05) is 13.1 Å². The van der Waals surface area contributed by atoms with Crippen LogP contribution in [0.2, 0.25) is 0 Å². The number of aromatic nitrogens is 1. The number of nitrogens with one attached hydrogen (secondary N) is 2. The number of rotatable bonds is 8. The topological polar surface area (TPSA) is 158 Å². The van der Waals surface area contributed by atoms with Gasteiger partial charge in [-0.15, -0.1) is 0 Å². The Hall–Kier alpha value is -4.03. The van der Waals surface area contributed by atoms with Gasteiger partial charge in [-0.2, -0.15) is 13.2 Å². The molecule has 37 heavy (non-hydrogen) atoms. The van der Waals surface area contributed by atoms with Crippen molar-refractivity contribution >= 4 is 17.8 Å². The Labute approximate surface area is 208 Å². The fourth-order valence-electron chi connectivity index (χ4n) is 4.32. The summed E-state index contributed by atoms with van der Waals surface area (Å²) >= 11 is 0. The van der Waals surface area contributed by atoms with Crippen molar-refractivity contribution < 1.29 is 42.9 Å². The Morgan fingerprint density at radius 2 is 1.59 bits per heavy atom. The van der Waals surface area contributed by atoms with E-state index in [1.165, 1.54) is 6.07 Å². The van der Waals surface area contributed by atoms with Gasteiger partial charge in [0, 0.05) is 6.54 Å². The van der Waals surface area contributed by atoms with Crippen LogP contribution in [0.25, 0.3) is 0 Å². The van der Waals surface area contributed by atoms with Gasteiger partial charge in [0.1, 0.15) is 17.7 Å². The Bertz CT molecular complexity index is 1250. The van der Waals surface area contributed by atoms with Crippen LogP contribution >= 0.6 is 0 Å². The van der Waals surface area contributed by atoms with Gasteiger partial charge in [0.25, 0.3) is 17.4 Å². The van der Waals surface area contributed by atoms with E-state index in [1.54, 1.807) is 0 Å². The lowest BCUT2D eigenvalue weighted by Crippen LogP contribution is -2.38. The van der Waals surface area contributed by atoms with Gasteiger partial charge >= 0.3 is 12.1 Å². The Kier molecular flexibility index (Phi) is 8.46. The molecule has 0 spiro atoms. The van der Waals surface area contributed by atoms with Crippen molar-refractivity contribution in [1.82, 2.24) is 15.2 Å². The molecule has 1 aromatic carbocycles. The molecule has 200 valence electrons. The summed E-state index contributed by atoms with van der Waals surface area (Å²) in [6, 6.07) is 4.21. The molecule has 2 amide bonds. The fraction of sp³-hybridized carbons (Fsp3) is 0.417. The first-order valence-electron chi connectivity index (χ1n) is 11.5. The molecule has 1 aliphatic rings. The summed E-state index contributed by atoms with van der Waals surface area (Å²) in [5.41, 5.74) is -4.97. The van der Waals surface area contributed by atoms with Crippen molar-refractivity contribution in [3.63, 3.8) is 0 Å². The molecule has 0 radical (unpaired) electrons. The molecule has 10 nitrogen and oxygen atoms in total. The second-order valence-corrected chi connectivity index (χ2v) is 8.76. The van der Waals surface area contributed by atoms with Crippen LogP contribution in [0.4, 0.5) is 13.2 Å². The number of carbonyl (C=O) groups excluding carboxylic acids is 2. The molecule has 1 fully saturated rings. The molecule has 13 heteroatoms. The number of aliphatic carboxylic acids is 1. The van der Waals surface area contributed by atoms with Crippen molar-refractivity contribution in [2.45, 2.75) is 44.8 Å². The molecule has 2 aromatic rings. The Balaban J connectivity index is 2.09. The second kappa shape index (κ2) is 11.4. The summed E-state index contributed by atoms with van der Waals surface area (Å²) < 4.78 is 40.9. The van der Waals surface area contributed by atoms with Crippen LogP contribution in [-0.4, -0.2) is 50.8 Å². The molecule has 0 atom stereocenters. The van der Waals surface area contributed by atoms with E-state index >= 15 is 0 Å². The van der Waals surface area contributed by atoms with Gasteiger partial charge in [0.15, 0.2) is 5.75 Å². The molecule has 0 bridgehead atoms. The highest BCUT2D eigenvalue weighted by Gasteiger charge is 2.35. The average Bonchev–Trinajstić information content (AvgIpc) is 2.84. The van der Waals surface area contributed by atoms with Crippen LogP contribution in [0, 0.1) is 5.92 Å². The maximum absolute atomic E-state index is 13.5. The predicted molar refractivity (Wildman–Crippen MR) is 123 cm³/mol. The minimum absolute atomic E-state index is 0.130. The number of hydrogen-bond acceptors (Lipinski definition) is 6. The van der Waals surface area contributed by atoms with Crippen LogP contribution in [0.15, 0.2) is 29.1 Å². The summed E-state index contributed by atoms with van der Waals surface area (Å²) in [6.45, 7) is -1.67. The minimum atomic E-state index is -4.81. The van der Waals surface area contributed by atoms with Gasteiger partial charge in [0.05, 0.1) is 12.1 Å². The third-order valence-electron chi connectivity index (χ3n) is 6.19. The average molecular weight is 525 g/mol. The first-order valence-corrected chi connectivity index (χ1v) is 11.5. The van der Waals surface area contributed by atoms with Gasteiger partial charge < -0.3 is 26.0 Å². The van der Waals surface area contributed by atoms with Gasteiger partial charge in [-0.3, -0.25) is 23.7 Å². The Morgan fingerprint density at radius 3 is 2.22 bits per heavy atom. The number of halogens is 3. The number of carboxylic acid groups (broad SMARTS) is 1. The molecule has 1 aliphatic carbocycles. The number of alkyl halides is 3. The summed E-state index contributed by atoms with van der Waals surface area (Å²) in [6.07, 6.45) is -0.133. The van der Waals surface area contributed by atoms with E-state index < -0.39 is 76.5 Å². The summed E-state index contributed by atoms with van der Waals surface area (Å²) in [4.78, 5) is 49.4. The molecule has 5 N–H and O–H groups in total. The number of carboxylic acids is 1. The first kappa shape index (κ1) is 27.6. The van der Waals surface area contributed by atoms with E-state index in [-0.39, 0.29) is 12.5 Å². The lowest BCUT2D eigenvalue weighted by molar-refractivity contribution is -0.138. The molecule has 0 saturated heterocycles. The SMILES string of the molecule is O=C(O)CNC(=O)c1c(O)c(C(=O)NCC2CCCCC2)c(O)n(Cc2ccccc2C(F)(F)F)c1=O. The number of carbonyl (C=O) groups is 3. The normalized spacial score (nSPS) is 14.2. The molecular formula is C24H26F3N3O7. The van der Waals surface area contributed by atoms with E-state index in [4.69, 9.17) is 5.11 Å². The summed E-state index contributed by atoms with van der Waals surface area (Å²) in [5.74, 6) is -6.14. The quantitative estimate of drug-likeness (QED) is 0.354. The standard InChI is InChI=1S/C24H26F3N3O7/c25-24(26,27)15-9-5-4-8-14(15)12-30-22(36)17(20(34)28-10-13-6-2-1-3-7-13)19(33)18(23(30)37)21(35)29-11-16(31)32/h4-5,8-9,13,33,36H,1-3,6-7,10-12H2,(H,28,34)(H,29,35)(H,31,32). The van der Waals surface area contributed by atoms with Crippen LogP contribution in [0.1, 0.15) is 63.9 Å². The highest BCUT2D eigenvalue weighted by molar-refractivity contribution is 6.05. The van der Waals surface area contributed by atoms with Crippen LogP contribution in [0.5, 0.6) is 11.6 Å². The minimum Gasteiger partial charge on any atom is -0.506 e. The Morgan fingerprint density at radius 1 is 0.973 bits per heavy atom. The molecule has 0 aliphatic heterocycles. The lowest BCUT2D eigenvalue weighted by atomic mass is 9.89. The molecule has 1 saturated carbocycles. The van der Waals surface area contributed by atoms with Gasteiger partial charge in [0.2, 0.25) is 5.88 Å². The van der Waals surface area contributed by atoms with Crippen LogP contribution < -0.4 is 16.2 Å². The van der Waals surface area contributed by atoms with Gasteiger partial charge in [-0.05, 0) is 30.4 Å². The zero-order valence-electron chi connectivity index (χ0n) is 19.6. The van der Waals surface area contributed by atoms with Crippen molar-refractivity contribution in [3.8, 4) is 11.6 Å². The number of pyridine rings is 1. The number of nitrogens with zero attached hydrogens (tertiary/aromatic N) is 1. The highest BCUT2D eigenvalue weighted by Crippen LogP contribution is 2.34. The first-order chi connectivity index (χ1) is 17.4. The number of hydrogen-bond donors (Lipinski definition) is 5. The van der Waals surface area contributed by atoms with E-state index in [0.29, 0.717) is 4.57 Å². The van der Waals surface area contributed by atoms with Gasteiger partial charge in [-0.1, -0.05) is 37.5 Å². The van der Waals surface area contributed by atoms with Crippen molar-refractivity contribution in [1.29, 1.82) is 0 Å². The summed E-state index contributed by atoms with van der Waals surface area (Å²) in [7, 11) is 0. The smallest absolute Gasteiger partial charge is 0.416 e. The molecule has 1 aromatic heterocycles. The number of benzene rings is 1. The zero-order chi connectivity index (χ0) is 27.3. The lowest BCUT2D eigenvalue weighted by Gasteiger charge is -2.22. The molecule has 0 unspecified atom stereocenters. The fourth-order valence-corrected chi connectivity index (χ4v) is 4.32. The second-order valence-electron chi connectivity index (χ2n) is 8.76. The molecule has 3 rings (SSSR count). The van der Waals surface area contributed by atoms with Gasteiger partial charge in [-0.25, -0.2) is 0 Å². The van der Waals surface area contributed by atoms with E-state index in [1.807, 2.05) is 5.32 Å². The third kappa shape index (κ3) is 6.40. The molecular weight excluding hydrogens is 499 g/mol. The third-order valence-corrected chi connectivity index (χ3v) is 6.19. The number of aromatic hydroxyl groups is 2. The maximum atomic E-state index is 13.5. The van der Waals surface area contributed by atoms with E-state index in [9.17, 15) is 42.6 Å². The maximum Gasteiger partial charge on any atom is 0.416 e. The van der Waals surface area contributed by atoms with Crippen LogP contribution in [0.3, 0.4) is 0 Å². The molecule has 1 heterocycles. The van der Waals surface area contributed by atoms with Crippen molar-refractivity contribution in [2.24, 2.45) is 5.92 Å². The largest absolute Gasteiger partial charge is 0.506 e. The predicted octanol–water partition coefficient (Wildman–Crippen LogP) is 2.45. The van der Waals surface area contributed by atoms with Crippen molar-refractivity contribution in [3.05, 3.63) is 56.9 Å². The zero-order valence-corrected chi connectivity index (χ0v) is 19.6. The number of amides is 2.